The van der Waals surface area contributed by atoms with Crippen LogP contribution in [0.25, 0.3) is 0 Å². The maximum absolute atomic E-state index is 2.75. The first-order chi connectivity index (χ1) is 7.45. The Hall–Kier alpha value is -0.820. The number of fused-ring (bicyclic) bond motifs is 1. The van der Waals surface area contributed by atoms with Gasteiger partial charge in [0.1, 0.15) is 0 Å². The van der Waals surface area contributed by atoms with Crippen LogP contribution in [0.15, 0.2) is 30.3 Å². The summed E-state index contributed by atoms with van der Waals surface area (Å²) in [6.45, 7) is 1.32. The molecule has 0 radical (unpaired) electrons. The first-order valence-corrected chi connectivity index (χ1v) is 6.26. The van der Waals surface area contributed by atoms with Gasteiger partial charge in [0.05, 0.1) is 0 Å². The first-order valence-electron chi connectivity index (χ1n) is 6.26. The standard InChI is InChI=1S/C14H19N/c1-2-6-12(7-3-1)14-10-9-13-8-4-5-11-15(13)14/h1-3,6-7,13-14H,4-5,8-11H2/t13-,14+/m1/s1. The van der Waals surface area contributed by atoms with E-state index >= 15 is 0 Å². The molecule has 2 atom stereocenters. The van der Waals surface area contributed by atoms with E-state index in [9.17, 15) is 0 Å². The minimum Gasteiger partial charge on any atom is -0.293 e. The summed E-state index contributed by atoms with van der Waals surface area (Å²) in [5, 5.41) is 0. The maximum atomic E-state index is 2.75. The zero-order valence-electron chi connectivity index (χ0n) is 9.23. The zero-order valence-corrected chi connectivity index (χ0v) is 9.23. The Morgan fingerprint density at radius 1 is 0.933 bits per heavy atom. The summed E-state index contributed by atoms with van der Waals surface area (Å²) in [5.41, 5.74) is 1.53. The van der Waals surface area contributed by atoms with Gasteiger partial charge < -0.3 is 0 Å². The maximum Gasteiger partial charge on any atom is 0.0351 e. The lowest BCUT2D eigenvalue weighted by Gasteiger charge is -2.34. The quantitative estimate of drug-likeness (QED) is 0.673. The predicted molar refractivity (Wildman–Crippen MR) is 62.8 cm³/mol. The van der Waals surface area contributed by atoms with Gasteiger partial charge in [0.25, 0.3) is 0 Å². The third-order valence-corrected chi connectivity index (χ3v) is 4.03. The highest BCUT2D eigenvalue weighted by atomic mass is 15.2. The lowest BCUT2D eigenvalue weighted by molar-refractivity contribution is 0.150. The summed E-state index contributed by atoms with van der Waals surface area (Å²) >= 11 is 0. The molecule has 1 aromatic carbocycles. The van der Waals surface area contributed by atoms with Crippen LogP contribution >= 0.6 is 0 Å². The summed E-state index contributed by atoms with van der Waals surface area (Å²) in [5.74, 6) is 0. The lowest BCUT2D eigenvalue weighted by atomic mass is 10.0. The number of hydrogen-bond donors (Lipinski definition) is 0. The summed E-state index contributed by atoms with van der Waals surface area (Å²) in [6, 6.07) is 12.7. The number of nitrogens with zero attached hydrogens (tertiary/aromatic N) is 1. The van der Waals surface area contributed by atoms with E-state index in [4.69, 9.17) is 0 Å². The van der Waals surface area contributed by atoms with Gasteiger partial charge in [-0.05, 0) is 37.8 Å². The van der Waals surface area contributed by atoms with Crippen LogP contribution < -0.4 is 0 Å². The topological polar surface area (TPSA) is 3.24 Å². The van der Waals surface area contributed by atoms with Gasteiger partial charge in [-0.2, -0.15) is 0 Å². The molecule has 0 unspecified atom stereocenters. The normalized spacial score (nSPS) is 31.5. The molecule has 0 aromatic heterocycles. The summed E-state index contributed by atoms with van der Waals surface area (Å²) in [4.78, 5) is 2.75. The number of piperidine rings is 1. The molecule has 0 amide bonds. The molecule has 0 saturated carbocycles. The molecule has 2 aliphatic rings. The van der Waals surface area contributed by atoms with E-state index in [1.165, 1.54) is 44.2 Å². The van der Waals surface area contributed by atoms with Gasteiger partial charge >= 0.3 is 0 Å². The Kier molecular flexibility index (Phi) is 2.49. The van der Waals surface area contributed by atoms with Gasteiger partial charge in [-0.15, -0.1) is 0 Å². The summed E-state index contributed by atoms with van der Waals surface area (Å²) in [6.07, 6.45) is 7.07. The van der Waals surface area contributed by atoms with Crippen molar-refractivity contribution in [3.8, 4) is 0 Å². The largest absolute Gasteiger partial charge is 0.293 e. The average Bonchev–Trinajstić information content (AvgIpc) is 2.74. The molecule has 2 saturated heterocycles. The molecule has 0 bridgehead atoms. The third-order valence-electron chi connectivity index (χ3n) is 4.03. The summed E-state index contributed by atoms with van der Waals surface area (Å²) < 4.78 is 0. The fourth-order valence-corrected chi connectivity index (χ4v) is 3.29. The SMILES string of the molecule is c1ccc([C@@H]2CC[C@H]3CCCCN32)cc1. The van der Waals surface area contributed by atoms with Gasteiger partial charge in [-0.25, -0.2) is 0 Å². The van der Waals surface area contributed by atoms with Crippen LogP contribution in [0.5, 0.6) is 0 Å². The van der Waals surface area contributed by atoms with Crippen molar-refractivity contribution in [3.63, 3.8) is 0 Å². The van der Waals surface area contributed by atoms with Crippen molar-refractivity contribution >= 4 is 0 Å². The van der Waals surface area contributed by atoms with Crippen LogP contribution in [-0.4, -0.2) is 17.5 Å². The van der Waals surface area contributed by atoms with Crippen molar-refractivity contribution in [2.45, 2.75) is 44.2 Å². The van der Waals surface area contributed by atoms with Crippen molar-refractivity contribution in [1.82, 2.24) is 4.90 Å². The van der Waals surface area contributed by atoms with E-state index in [1.807, 2.05) is 0 Å². The Bertz CT molecular complexity index is 319. The third kappa shape index (κ3) is 1.69. The van der Waals surface area contributed by atoms with Crippen molar-refractivity contribution < 1.29 is 0 Å². The first kappa shape index (κ1) is 9.41. The van der Waals surface area contributed by atoms with E-state index in [1.54, 1.807) is 0 Å². The predicted octanol–water partition coefficient (Wildman–Crippen LogP) is 3.38. The molecule has 0 spiro atoms. The van der Waals surface area contributed by atoms with Gasteiger partial charge in [-0.3, -0.25) is 4.90 Å². The highest BCUT2D eigenvalue weighted by molar-refractivity contribution is 5.20. The highest BCUT2D eigenvalue weighted by Gasteiger charge is 2.35. The van der Waals surface area contributed by atoms with E-state index in [-0.39, 0.29) is 0 Å². The minimum atomic E-state index is 0.719. The number of rotatable bonds is 1. The molecular formula is C14H19N. The van der Waals surface area contributed by atoms with Crippen molar-refractivity contribution in [3.05, 3.63) is 35.9 Å². The molecule has 1 nitrogen and oxygen atoms in total. The van der Waals surface area contributed by atoms with Crippen LogP contribution in [0.2, 0.25) is 0 Å². The molecule has 0 N–H and O–H groups in total. The zero-order chi connectivity index (χ0) is 10.1. The Labute approximate surface area is 92.1 Å². The Morgan fingerprint density at radius 3 is 2.67 bits per heavy atom. The second-order valence-electron chi connectivity index (χ2n) is 4.89. The molecule has 2 aliphatic heterocycles. The molecule has 80 valence electrons. The van der Waals surface area contributed by atoms with Crippen LogP contribution in [0, 0.1) is 0 Å². The van der Waals surface area contributed by atoms with E-state index in [0.29, 0.717) is 0 Å². The minimum absolute atomic E-state index is 0.719. The van der Waals surface area contributed by atoms with Gasteiger partial charge in [0.15, 0.2) is 0 Å². The van der Waals surface area contributed by atoms with Crippen molar-refractivity contribution in [2.24, 2.45) is 0 Å². The van der Waals surface area contributed by atoms with Gasteiger partial charge in [-0.1, -0.05) is 36.8 Å². The number of hydrogen-bond acceptors (Lipinski definition) is 1. The number of benzene rings is 1. The van der Waals surface area contributed by atoms with Crippen molar-refractivity contribution in [2.75, 3.05) is 6.54 Å². The van der Waals surface area contributed by atoms with Crippen LogP contribution in [-0.2, 0) is 0 Å². The molecule has 1 heteroatoms. The second kappa shape index (κ2) is 3.97. The van der Waals surface area contributed by atoms with Crippen molar-refractivity contribution in [1.29, 1.82) is 0 Å². The van der Waals surface area contributed by atoms with E-state index in [2.05, 4.69) is 35.2 Å². The van der Waals surface area contributed by atoms with Gasteiger partial charge in [0.2, 0.25) is 0 Å². The molecule has 0 aliphatic carbocycles. The molecule has 15 heavy (non-hydrogen) atoms. The molecule has 3 rings (SSSR count). The van der Waals surface area contributed by atoms with E-state index in [0.717, 1.165) is 12.1 Å². The van der Waals surface area contributed by atoms with Crippen LogP contribution in [0.4, 0.5) is 0 Å². The van der Waals surface area contributed by atoms with E-state index < -0.39 is 0 Å². The second-order valence-corrected chi connectivity index (χ2v) is 4.89. The van der Waals surface area contributed by atoms with Gasteiger partial charge in [0, 0.05) is 12.1 Å². The lowest BCUT2D eigenvalue weighted by Crippen LogP contribution is -2.35. The molecular weight excluding hydrogens is 182 g/mol. The highest BCUT2D eigenvalue weighted by Crippen LogP contribution is 2.39. The fraction of sp³-hybridized carbons (Fsp3) is 0.571. The molecule has 2 heterocycles. The smallest absolute Gasteiger partial charge is 0.0351 e. The Morgan fingerprint density at radius 2 is 1.80 bits per heavy atom. The molecule has 2 fully saturated rings. The molecule has 1 aromatic rings. The fourth-order valence-electron chi connectivity index (χ4n) is 3.29. The average molecular weight is 201 g/mol. The van der Waals surface area contributed by atoms with Crippen LogP contribution in [0.3, 0.4) is 0 Å². The monoisotopic (exact) mass is 201 g/mol. The van der Waals surface area contributed by atoms with Crippen LogP contribution in [0.1, 0.15) is 43.7 Å². The Balaban J connectivity index is 1.82. The summed E-state index contributed by atoms with van der Waals surface area (Å²) in [7, 11) is 0.